The topological polar surface area (TPSA) is 72.4 Å². The highest BCUT2D eigenvalue weighted by atomic mass is 79.9. The van der Waals surface area contributed by atoms with E-state index in [9.17, 15) is 22.8 Å². The number of para-hydroxylation sites is 1. The summed E-state index contributed by atoms with van der Waals surface area (Å²) in [4.78, 5) is 23.7. The van der Waals surface area contributed by atoms with E-state index < -0.39 is 23.9 Å². The number of aryl methyl sites for hydroxylation is 1. The molecule has 0 fully saturated rings. The highest BCUT2D eigenvalue weighted by Gasteiger charge is 2.31. The molecule has 2 N–H and O–H groups in total. The molecule has 1 aromatic heterocycles. The Labute approximate surface area is 154 Å². The average molecular weight is 432 g/mol. The van der Waals surface area contributed by atoms with E-state index in [0.29, 0.717) is 10.2 Å². The van der Waals surface area contributed by atoms with Crippen molar-refractivity contribution in [2.24, 2.45) is 7.05 Å². The first kappa shape index (κ1) is 19.6. The number of hydrogen-bond acceptors (Lipinski definition) is 3. The number of carbonyl (C=O) groups is 2. The smallest absolute Gasteiger partial charge is 0.405 e. The predicted molar refractivity (Wildman–Crippen MR) is 90.9 cm³/mol. The Morgan fingerprint density at radius 3 is 2.54 bits per heavy atom. The third-order valence-corrected chi connectivity index (χ3v) is 3.50. The standard InChI is InChI=1S/C16H13BrF3N3O3/c1-23-9-11(17)8-12(23)15(25)22-21-14(24)7-6-10-4-2-3-5-13(10)26-16(18,19)20/h2-9H,1H3,(H,21,24)(H,22,25)/b7-6+. The van der Waals surface area contributed by atoms with Gasteiger partial charge in [0.15, 0.2) is 0 Å². The van der Waals surface area contributed by atoms with Crippen LogP contribution < -0.4 is 15.6 Å². The quantitative estimate of drug-likeness (QED) is 0.576. The normalized spacial score (nSPS) is 11.4. The molecular weight excluding hydrogens is 419 g/mol. The van der Waals surface area contributed by atoms with Gasteiger partial charge in [-0.05, 0) is 34.1 Å². The summed E-state index contributed by atoms with van der Waals surface area (Å²) in [6, 6.07) is 6.90. The lowest BCUT2D eigenvalue weighted by Gasteiger charge is -2.11. The van der Waals surface area contributed by atoms with Gasteiger partial charge in [0.1, 0.15) is 11.4 Å². The second kappa shape index (κ2) is 8.09. The molecule has 138 valence electrons. The van der Waals surface area contributed by atoms with Crippen LogP contribution in [0.5, 0.6) is 5.75 Å². The average Bonchev–Trinajstić information content (AvgIpc) is 2.89. The fraction of sp³-hybridized carbons (Fsp3) is 0.125. The maximum Gasteiger partial charge on any atom is 0.573 e. The largest absolute Gasteiger partial charge is 0.573 e. The molecule has 0 unspecified atom stereocenters. The van der Waals surface area contributed by atoms with Gasteiger partial charge in [0.2, 0.25) is 0 Å². The van der Waals surface area contributed by atoms with Gasteiger partial charge < -0.3 is 9.30 Å². The lowest BCUT2D eigenvalue weighted by atomic mass is 10.2. The molecule has 0 atom stereocenters. The van der Waals surface area contributed by atoms with E-state index in [-0.39, 0.29) is 5.56 Å². The second-order valence-electron chi connectivity index (χ2n) is 5.02. The summed E-state index contributed by atoms with van der Waals surface area (Å²) >= 11 is 3.22. The monoisotopic (exact) mass is 431 g/mol. The van der Waals surface area contributed by atoms with Crippen molar-refractivity contribution < 1.29 is 27.5 Å². The molecule has 2 amide bonds. The lowest BCUT2D eigenvalue weighted by Crippen LogP contribution is -2.41. The van der Waals surface area contributed by atoms with Crippen LogP contribution in [0.4, 0.5) is 13.2 Å². The summed E-state index contributed by atoms with van der Waals surface area (Å²) in [5.41, 5.74) is 4.69. The molecular formula is C16H13BrF3N3O3. The van der Waals surface area contributed by atoms with Crippen LogP contribution in [0.25, 0.3) is 6.08 Å². The number of amides is 2. The highest BCUT2D eigenvalue weighted by molar-refractivity contribution is 9.10. The Hall–Kier alpha value is -2.75. The number of nitrogens with one attached hydrogen (secondary N) is 2. The minimum atomic E-state index is -4.84. The number of aromatic nitrogens is 1. The summed E-state index contributed by atoms with van der Waals surface area (Å²) in [6.07, 6.45) is -1.07. The third-order valence-electron chi connectivity index (χ3n) is 3.06. The number of alkyl halides is 3. The zero-order valence-corrected chi connectivity index (χ0v) is 14.9. The molecule has 0 aliphatic heterocycles. The Morgan fingerprint density at radius 1 is 1.23 bits per heavy atom. The van der Waals surface area contributed by atoms with Gasteiger partial charge in [-0.25, -0.2) is 0 Å². The van der Waals surface area contributed by atoms with E-state index in [0.717, 1.165) is 18.2 Å². The summed E-state index contributed by atoms with van der Waals surface area (Å²) in [5.74, 6) is -1.73. The predicted octanol–water partition coefficient (Wildman–Crippen LogP) is 3.16. The van der Waals surface area contributed by atoms with E-state index in [1.54, 1.807) is 23.9 Å². The van der Waals surface area contributed by atoms with Crippen LogP contribution in [0.2, 0.25) is 0 Å². The first-order valence-corrected chi connectivity index (χ1v) is 7.90. The summed E-state index contributed by atoms with van der Waals surface area (Å²) in [6.45, 7) is 0. The fourth-order valence-corrected chi connectivity index (χ4v) is 2.50. The van der Waals surface area contributed by atoms with Gasteiger partial charge in [-0.2, -0.15) is 0 Å². The molecule has 2 rings (SSSR count). The maximum absolute atomic E-state index is 12.3. The van der Waals surface area contributed by atoms with Crippen LogP contribution in [0, 0.1) is 0 Å². The number of halogens is 4. The molecule has 0 spiro atoms. The molecule has 0 aliphatic carbocycles. The van der Waals surface area contributed by atoms with E-state index in [1.165, 1.54) is 18.2 Å². The molecule has 1 aromatic carbocycles. The Kier molecular flexibility index (Phi) is 6.09. The van der Waals surface area contributed by atoms with Gasteiger partial charge in [-0.1, -0.05) is 18.2 Å². The molecule has 6 nitrogen and oxygen atoms in total. The minimum Gasteiger partial charge on any atom is -0.405 e. The van der Waals surface area contributed by atoms with Crippen LogP contribution in [0.3, 0.4) is 0 Å². The number of benzene rings is 1. The number of ether oxygens (including phenoxy) is 1. The zero-order chi connectivity index (χ0) is 19.3. The van der Waals surface area contributed by atoms with Gasteiger partial charge >= 0.3 is 6.36 Å². The summed E-state index contributed by atoms with van der Waals surface area (Å²) in [7, 11) is 1.65. The van der Waals surface area contributed by atoms with Gasteiger partial charge in [0, 0.05) is 29.4 Å². The Bertz CT molecular complexity index is 847. The Balaban J connectivity index is 1.98. The molecule has 26 heavy (non-hydrogen) atoms. The van der Waals surface area contributed by atoms with Crippen molar-refractivity contribution in [2.45, 2.75) is 6.36 Å². The molecule has 0 bridgehead atoms. The number of nitrogens with zero attached hydrogens (tertiary/aromatic N) is 1. The molecule has 0 radical (unpaired) electrons. The SMILES string of the molecule is Cn1cc(Br)cc1C(=O)NNC(=O)/C=C/c1ccccc1OC(F)(F)F. The summed E-state index contributed by atoms with van der Waals surface area (Å²) in [5, 5.41) is 0. The van der Waals surface area contributed by atoms with Crippen LogP contribution in [-0.4, -0.2) is 22.7 Å². The number of rotatable bonds is 4. The highest BCUT2D eigenvalue weighted by Crippen LogP contribution is 2.26. The number of hydrazine groups is 1. The first-order valence-electron chi connectivity index (χ1n) is 7.11. The van der Waals surface area contributed by atoms with Crippen molar-refractivity contribution in [3.05, 3.63) is 58.3 Å². The van der Waals surface area contributed by atoms with Crippen LogP contribution in [-0.2, 0) is 11.8 Å². The molecule has 0 saturated carbocycles. The maximum atomic E-state index is 12.3. The molecule has 0 aliphatic rings. The second-order valence-corrected chi connectivity index (χ2v) is 5.93. The zero-order valence-electron chi connectivity index (χ0n) is 13.3. The Morgan fingerprint density at radius 2 is 1.92 bits per heavy atom. The van der Waals surface area contributed by atoms with Crippen molar-refractivity contribution >= 4 is 33.8 Å². The van der Waals surface area contributed by atoms with Gasteiger partial charge in [-0.3, -0.25) is 20.4 Å². The third kappa shape index (κ3) is 5.66. The minimum absolute atomic E-state index is 0.0534. The van der Waals surface area contributed by atoms with E-state index >= 15 is 0 Å². The molecule has 0 saturated heterocycles. The number of carbonyl (C=O) groups excluding carboxylic acids is 2. The molecule has 1 heterocycles. The van der Waals surface area contributed by atoms with E-state index in [1.807, 2.05) is 0 Å². The fourth-order valence-electron chi connectivity index (χ4n) is 1.98. The van der Waals surface area contributed by atoms with E-state index in [4.69, 9.17) is 0 Å². The van der Waals surface area contributed by atoms with Crippen molar-refractivity contribution in [3.8, 4) is 5.75 Å². The first-order chi connectivity index (χ1) is 12.2. The van der Waals surface area contributed by atoms with E-state index in [2.05, 4.69) is 31.5 Å². The van der Waals surface area contributed by atoms with Crippen LogP contribution in [0.15, 0.2) is 47.1 Å². The van der Waals surface area contributed by atoms with Crippen LogP contribution in [0.1, 0.15) is 16.1 Å². The van der Waals surface area contributed by atoms with Gasteiger partial charge in [0.05, 0.1) is 0 Å². The van der Waals surface area contributed by atoms with Crippen molar-refractivity contribution in [1.82, 2.24) is 15.4 Å². The lowest BCUT2D eigenvalue weighted by molar-refractivity contribution is -0.274. The summed E-state index contributed by atoms with van der Waals surface area (Å²) < 4.78 is 43.2. The van der Waals surface area contributed by atoms with Gasteiger partial charge in [0.25, 0.3) is 11.8 Å². The van der Waals surface area contributed by atoms with Crippen LogP contribution >= 0.6 is 15.9 Å². The van der Waals surface area contributed by atoms with Crippen molar-refractivity contribution in [1.29, 1.82) is 0 Å². The van der Waals surface area contributed by atoms with Crippen molar-refractivity contribution in [2.75, 3.05) is 0 Å². The molecule has 10 heteroatoms. The number of hydrogen-bond donors (Lipinski definition) is 2. The molecule has 2 aromatic rings. The van der Waals surface area contributed by atoms with Crippen molar-refractivity contribution in [3.63, 3.8) is 0 Å². The van der Waals surface area contributed by atoms with Gasteiger partial charge in [-0.15, -0.1) is 13.2 Å².